The zero-order chi connectivity index (χ0) is 9.97. The number of nitrogens with zero attached hydrogens (tertiary/aromatic N) is 3. The van der Waals surface area contributed by atoms with E-state index in [1.54, 1.807) is 5.51 Å². The molecule has 0 aliphatic rings. The molecule has 0 radical (unpaired) electrons. The first-order valence-corrected chi connectivity index (χ1v) is 4.96. The van der Waals surface area contributed by atoms with Gasteiger partial charge in [-0.3, -0.25) is 0 Å². The molecule has 1 heterocycles. The van der Waals surface area contributed by atoms with Crippen LogP contribution < -0.4 is 0 Å². The van der Waals surface area contributed by atoms with E-state index in [1.165, 1.54) is 11.3 Å². The van der Waals surface area contributed by atoms with Crippen molar-refractivity contribution in [1.29, 1.82) is 5.26 Å². The van der Waals surface area contributed by atoms with Crippen LogP contribution in [-0.4, -0.2) is 10.2 Å². The molecular formula is C10H7N3S. The van der Waals surface area contributed by atoms with Gasteiger partial charge in [0, 0.05) is 5.56 Å². The Morgan fingerprint density at radius 1 is 1.43 bits per heavy atom. The van der Waals surface area contributed by atoms with Crippen molar-refractivity contribution in [2.75, 3.05) is 0 Å². The fraction of sp³-hybridized carbons (Fsp3) is 0.100. The van der Waals surface area contributed by atoms with Gasteiger partial charge in [0.2, 0.25) is 0 Å². The van der Waals surface area contributed by atoms with Gasteiger partial charge in [-0.1, -0.05) is 23.0 Å². The molecule has 0 unspecified atom stereocenters. The number of aromatic nitrogens is 2. The molecule has 1 aromatic carbocycles. The third-order valence-electron chi connectivity index (χ3n) is 1.89. The molecule has 3 nitrogen and oxygen atoms in total. The molecule has 0 fully saturated rings. The van der Waals surface area contributed by atoms with Crippen LogP contribution in [0.4, 0.5) is 0 Å². The van der Waals surface area contributed by atoms with Crippen molar-refractivity contribution in [1.82, 2.24) is 10.2 Å². The molecule has 4 heteroatoms. The Balaban J connectivity index is 2.63. The highest BCUT2D eigenvalue weighted by molar-refractivity contribution is 7.12. The summed E-state index contributed by atoms with van der Waals surface area (Å²) in [7, 11) is 0. The predicted octanol–water partition coefficient (Wildman–Crippen LogP) is 2.39. The Labute approximate surface area is 85.7 Å². The first-order valence-electron chi connectivity index (χ1n) is 4.08. The fourth-order valence-corrected chi connectivity index (χ4v) is 1.81. The quantitative estimate of drug-likeness (QED) is 0.711. The van der Waals surface area contributed by atoms with Crippen LogP contribution in [0.5, 0.6) is 0 Å². The van der Waals surface area contributed by atoms with Crippen LogP contribution in [0.1, 0.15) is 11.1 Å². The molecule has 0 saturated heterocycles. The van der Waals surface area contributed by atoms with E-state index >= 15 is 0 Å². The van der Waals surface area contributed by atoms with E-state index in [4.69, 9.17) is 5.26 Å². The lowest BCUT2D eigenvalue weighted by atomic mass is 10.1. The average Bonchev–Trinajstić information content (AvgIpc) is 2.70. The van der Waals surface area contributed by atoms with Crippen LogP contribution in [0.3, 0.4) is 0 Å². The number of benzene rings is 1. The minimum Gasteiger partial charge on any atom is -0.192 e. The summed E-state index contributed by atoms with van der Waals surface area (Å²) in [4.78, 5) is 0. The summed E-state index contributed by atoms with van der Waals surface area (Å²) in [6, 6.07) is 7.84. The zero-order valence-electron chi connectivity index (χ0n) is 7.56. The lowest BCUT2D eigenvalue weighted by molar-refractivity contribution is 1.09. The first kappa shape index (κ1) is 8.85. The summed E-state index contributed by atoms with van der Waals surface area (Å²) in [5, 5.41) is 17.4. The largest absolute Gasteiger partial charge is 0.192 e. The minimum absolute atomic E-state index is 0.646. The van der Waals surface area contributed by atoms with Gasteiger partial charge in [0.05, 0.1) is 11.6 Å². The molecule has 0 amide bonds. The highest BCUT2D eigenvalue weighted by atomic mass is 32.1. The van der Waals surface area contributed by atoms with E-state index in [-0.39, 0.29) is 0 Å². The smallest absolute Gasteiger partial charge is 0.148 e. The Morgan fingerprint density at radius 3 is 2.93 bits per heavy atom. The van der Waals surface area contributed by atoms with E-state index < -0.39 is 0 Å². The number of hydrogen-bond acceptors (Lipinski definition) is 4. The van der Waals surface area contributed by atoms with Crippen molar-refractivity contribution in [3.05, 3.63) is 34.8 Å². The van der Waals surface area contributed by atoms with Gasteiger partial charge in [-0.15, -0.1) is 10.2 Å². The minimum atomic E-state index is 0.646. The maximum absolute atomic E-state index is 8.91. The van der Waals surface area contributed by atoms with Gasteiger partial charge in [0.25, 0.3) is 0 Å². The highest BCUT2D eigenvalue weighted by Gasteiger charge is 2.07. The first-order chi connectivity index (χ1) is 6.81. The van der Waals surface area contributed by atoms with Gasteiger partial charge in [0.1, 0.15) is 10.5 Å². The normalized spacial score (nSPS) is 9.71. The predicted molar refractivity (Wildman–Crippen MR) is 54.8 cm³/mol. The van der Waals surface area contributed by atoms with Crippen molar-refractivity contribution in [3.63, 3.8) is 0 Å². The molecule has 2 rings (SSSR count). The lowest BCUT2D eigenvalue weighted by Crippen LogP contribution is -1.85. The number of aryl methyl sites for hydroxylation is 1. The summed E-state index contributed by atoms with van der Waals surface area (Å²) in [5.41, 5.74) is 4.30. The van der Waals surface area contributed by atoms with Crippen LogP contribution in [0.25, 0.3) is 10.6 Å². The molecule has 68 valence electrons. The molecule has 0 aliphatic heterocycles. The summed E-state index contributed by atoms with van der Waals surface area (Å²) in [6.07, 6.45) is 0. The number of nitriles is 1. The Morgan fingerprint density at radius 2 is 2.29 bits per heavy atom. The van der Waals surface area contributed by atoms with Gasteiger partial charge in [-0.25, -0.2) is 0 Å². The van der Waals surface area contributed by atoms with Gasteiger partial charge in [-0.05, 0) is 19.1 Å². The molecule has 0 atom stereocenters. The Kier molecular flexibility index (Phi) is 2.25. The second kappa shape index (κ2) is 3.56. The second-order valence-electron chi connectivity index (χ2n) is 2.90. The van der Waals surface area contributed by atoms with Crippen LogP contribution in [0.2, 0.25) is 0 Å². The van der Waals surface area contributed by atoms with Crippen molar-refractivity contribution >= 4 is 11.3 Å². The molecule has 0 saturated carbocycles. The summed E-state index contributed by atoms with van der Waals surface area (Å²) < 4.78 is 0. The average molecular weight is 201 g/mol. The fourth-order valence-electron chi connectivity index (χ4n) is 1.22. The monoisotopic (exact) mass is 201 g/mol. The molecule has 0 N–H and O–H groups in total. The molecule has 2 aromatic rings. The van der Waals surface area contributed by atoms with Crippen LogP contribution in [0.15, 0.2) is 23.7 Å². The standard InChI is InChI=1S/C10H7N3S/c1-7-2-3-8(5-11)9(4-7)10-13-12-6-14-10/h2-4,6H,1H3. The number of hydrogen-bond donors (Lipinski definition) is 0. The van der Waals surface area contributed by atoms with E-state index in [1.807, 2.05) is 25.1 Å². The molecule has 14 heavy (non-hydrogen) atoms. The third kappa shape index (κ3) is 1.50. The van der Waals surface area contributed by atoms with Gasteiger partial charge >= 0.3 is 0 Å². The van der Waals surface area contributed by atoms with Crippen LogP contribution in [0, 0.1) is 18.3 Å². The Hall–Kier alpha value is -1.73. The van der Waals surface area contributed by atoms with Gasteiger partial charge in [-0.2, -0.15) is 5.26 Å². The number of rotatable bonds is 1. The van der Waals surface area contributed by atoms with Crippen LogP contribution in [-0.2, 0) is 0 Å². The van der Waals surface area contributed by atoms with E-state index in [0.717, 1.165) is 16.1 Å². The lowest BCUT2D eigenvalue weighted by Gasteiger charge is -2.00. The molecular weight excluding hydrogens is 194 g/mol. The van der Waals surface area contributed by atoms with Crippen molar-refractivity contribution in [3.8, 4) is 16.6 Å². The van der Waals surface area contributed by atoms with E-state index in [9.17, 15) is 0 Å². The SMILES string of the molecule is Cc1ccc(C#N)c(-c2nncs2)c1. The molecule has 0 aliphatic carbocycles. The third-order valence-corrected chi connectivity index (χ3v) is 2.61. The maximum atomic E-state index is 8.91. The van der Waals surface area contributed by atoms with Crippen LogP contribution >= 0.6 is 11.3 Å². The van der Waals surface area contributed by atoms with Crippen molar-refractivity contribution in [2.45, 2.75) is 6.92 Å². The van der Waals surface area contributed by atoms with Gasteiger partial charge < -0.3 is 0 Å². The summed E-state index contributed by atoms with van der Waals surface area (Å²) in [6.45, 7) is 1.99. The topological polar surface area (TPSA) is 49.6 Å². The molecule has 0 bridgehead atoms. The maximum Gasteiger partial charge on any atom is 0.148 e. The highest BCUT2D eigenvalue weighted by Crippen LogP contribution is 2.25. The zero-order valence-corrected chi connectivity index (χ0v) is 8.38. The second-order valence-corrected chi connectivity index (χ2v) is 3.74. The van der Waals surface area contributed by atoms with Gasteiger partial charge in [0.15, 0.2) is 0 Å². The Bertz CT molecular complexity index is 483. The molecule has 1 aromatic heterocycles. The molecule has 0 spiro atoms. The summed E-state index contributed by atoms with van der Waals surface area (Å²) >= 11 is 1.44. The summed E-state index contributed by atoms with van der Waals surface area (Å²) in [5.74, 6) is 0. The van der Waals surface area contributed by atoms with E-state index in [0.29, 0.717) is 5.56 Å². The van der Waals surface area contributed by atoms with E-state index in [2.05, 4.69) is 16.3 Å². The van der Waals surface area contributed by atoms with Crippen molar-refractivity contribution < 1.29 is 0 Å². The van der Waals surface area contributed by atoms with Crippen molar-refractivity contribution in [2.24, 2.45) is 0 Å².